The van der Waals surface area contributed by atoms with Gasteiger partial charge in [-0.15, -0.1) is 0 Å². The van der Waals surface area contributed by atoms with E-state index < -0.39 is 30.0 Å². The summed E-state index contributed by atoms with van der Waals surface area (Å²) in [7, 11) is 1.48. The van der Waals surface area contributed by atoms with Gasteiger partial charge in [-0.2, -0.15) is 13.2 Å². The van der Waals surface area contributed by atoms with E-state index in [1.807, 2.05) is 35.0 Å². The Hall–Kier alpha value is -4.21. The number of anilines is 1. The number of hydrogen-bond acceptors (Lipinski definition) is 5. The molecule has 2 aromatic carbocycles. The van der Waals surface area contributed by atoms with Crippen LogP contribution in [0, 0.1) is 0 Å². The van der Waals surface area contributed by atoms with E-state index in [1.54, 1.807) is 18.2 Å². The number of aromatic nitrogens is 2. The average Bonchev–Trinajstić information content (AvgIpc) is 3.24. The van der Waals surface area contributed by atoms with Crippen LogP contribution in [0.15, 0.2) is 73.1 Å². The lowest BCUT2D eigenvalue weighted by Gasteiger charge is -2.14. The van der Waals surface area contributed by atoms with E-state index in [4.69, 9.17) is 14.2 Å². The molecule has 0 saturated carbocycles. The van der Waals surface area contributed by atoms with Gasteiger partial charge >= 0.3 is 6.18 Å². The molecule has 7 nitrogen and oxygen atoms in total. The predicted molar refractivity (Wildman–Crippen MR) is 118 cm³/mol. The van der Waals surface area contributed by atoms with Crippen molar-refractivity contribution in [1.82, 2.24) is 9.38 Å². The molecule has 1 amide bonds. The quantitative estimate of drug-likeness (QED) is 0.393. The van der Waals surface area contributed by atoms with Gasteiger partial charge in [0, 0.05) is 24.1 Å². The van der Waals surface area contributed by atoms with Crippen LogP contribution in [0.5, 0.6) is 17.2 Å². The molecule has 0 aliphatic carbocycles. The fourth-order valence-electron chi connectivity index (χ4n) is 3.24. The number of methoxy groups -OCH3 is 1. The summed E-state index contributed by atoms with van der Waals surface area (Å²) in [5.41, 5.74) is 0.888. The summed E-state index contributed by atoms with van der Waals surface area (Å²) in [6, 6.07) is 15.1. The average molecular weight is 471 g/mol. The third-order valence-electron chi connectivity index (χ3n) is 4.79. The number of para-hydroxylation sites is 1. The minimum absolute atomic E-state index is 0.160. The van der Waals surface area contributed by atoms with Crippen LogP contribution >= 0.6 is 0 Å². The fraction of sp³-hybridized carbons (Fsp3) is 0.167. The first-order chi connectivity index (χ1) is 16.3. The third kappa shape index (κ3) is 5.40. The summed E-state index contributed by atoms with van der Waals surface area (Å²) in [6.07, 6.45) is -0.877. The van der Waals surface area contributed by atoms with Gasteiger partial charge in [-0.1, -0.05) is 18.2 Å². The van der Waals surface area contributed by atoms with Crippen LogP contribution in [0.3, 0.4) is 0 Å². The minimum atomic E-state index is -4.59. The van der Waals surface area contributed by atoms with Gasteiger partial charge < -0.3 is 23.9 Å². The second-order valence-electron chi connectivity index (χ2n) is 7.18. The van der Waals surface area contributed by atoms with Crippen molar-refractivity contribution in [3.05, 3.63) is 84.3 Å². The normalized spacial score (nSPS) is 11.3. The molecule has 0 fully saturated rings. The molecule has 0 spiro atoms. The maximum absolute atomic E-state index is 13.1. The maximum Gasteiger partial charge on any atom is 0.419 e. The highest BCUT2D eigenvalue weighted by molar-refractivity contribution is 5.92. The first kappa shape index (κ1) is 23.0. The fourth-order valence-corrected chi connectivity index (χ4v) is 3.24. The van der Waals surface area contributed by atoms with Gasteiger partial charge in [-0.25, -0.2) is 4.98 Å². The third-order valence-corrected chi connectivity index (χ3v) is 4.79. The number of alkyl halides is 3. The first-order valence-electron chi connectivity index (χ1n) is 10.2. The summed E-state index contributed by atoms with van der Waals surface area (Å²) < 4.78 is 57.4. The van der Waals surface area contributed by atoms with Crippen molar-refractivity contribution in [3.63, 3.8) is 0 Å². The molecule has 0 bridgehead atoms. The number of nitrogens with zero attached hydrogens (tertiary/aromatic N) is 2. The van der Waals surface area contributed by atoms with Gasteiger partial charge in [0.1, 0.15) is 18.0 Å². The first-order valence-corrected chi connectivity index (χ1v) is 10.2. The molecule has 1 N–H and O–H groups in total. The van der Waals surface area contributed by atoms with Crippen LogP contribution in [0.2, 0.25) is 0 Å². The Kier molecular flexibility index (Phi) is 6.58. The van der Waals surface area contributed by atoms with Gasteiger partial charge in [-0.3, -0.25) is 4.79 Å². The van der Waals surface area contributed by atoms with E-state index in [-0.39, 0.29) is 6.61 Å². The zero-order chi connectivity index (χ0) is 24.1. The van der Waals surface area contributed by atoms with E-state index in [2.05, 4.69) is 10.3 Å². The number of benzene rings is 2. The number of pyridine rings is 1. The lowest BCUT2D eigenvalue weighted by molar-refractivity contribution is -0.139. The smallest absolute Gasteiger partial charge is 0.419 e. The molecule has 10 heteroatoms. The number of carbonyl (C=O) groups is 1. The molecular formula is C24H20F3N3O4. The van der Waals surface area contributed by atoms with Crippen LogP contribution in [-0.2, 0) is 17.6 Å². The zero-order valence-electron chi connectivity index (χ0n) is 18.0. The van der Waals surface area contributed by atoms with E-state index in [0.29, 0.717) is 22.9 Å². The van der Waals surface area contributed by atoms with Gasteiger partial charge in [0.2, 0.25) is 0 Å². The Balaban J connectivity index is 1.40. The largest absolute Gasteiger partial charge is 0.493 e. The lowest BCUT2D eigenvalue weighted by atomic mass is 10.2. The van der Waals surface area contributed by atoms with Crippen molar-refractivity contribution in [3.8, 4) is 17.2 Å². The Morgan fingerprint density at radius 3 is 2.56 bits per heavy atom. The number of ether oxygens (including phenoxy) is 3. The van der Waals surface area contributed by atoms with Gasteiger partial charge in [0.05, 0.1) is 18.4 Å². The number of amides is 1. The number of nitrogens with one attached hydrogen (secondary N) is 1. The number of fused-ring (bicyclic) bond motifs is 1. The second-order valence-corrected chi connectivity index (χ2v) is 7.18. The van der Waals surface area contributed by atoms with Gasteiger partial charge in [-0.05, 0) is 36.4 Å². The molecule has 2 aromatic heterocycles. The van der Waals surface area contributed by atoms with Crippen LogP contribution < -0.4 is 19.5 Å². The predicted octanol–water partition coefficient (Wildman–Crippen LogP) is 4.96. The minimum Gasteiger partial charge on any atom is -0.493 e. The van der Waals surface area contributed by atoms with Crippen LogP contribution in [-0.4, -0.2) is 29.0 Å². The van der Waals surface area contributed by atoms with Crippen molar-refractivity contribution in [1.29, 1.82) is 0 Å². The summed E-state index contributed by atoms with van der Waals surface area (Å²) >= 11 is 0. The molecule has 0 aliphatic heterocycles. The van der Waals surface area contributed by atoms with Gasteiger partial charge in [0.25, 0.3) is 5.91 Å². The molecule has 0 unspecified atom stereocenters. The molecule has 0 aliphatic rings. The van der Waals surface area contributed by atoms with Crippen molar-refractivity contribution < 1.29 is 32.2 Å². The summed E-state index contributed by atoms with van der Waals surface area (Å²) in [4.78, 5) is 16.8. The highest BCUT2D eigenvalue weighted by atomic mass is 19.4. The number of imidazole rings is 1. The number of halogens is 3. The highest BCUT2D eigenvalue weighted by Crippen LogP contribution is 2.36. The Morgan fingerprint density at radius 2 is 1.79 bits per heavy atom. The topological polar surface area (TPSA) is 74.1 Å². The molecule has 34 heavy (non-hydrogen) atoms. The Bertz CT molecular complexity index is 1270. The monoisotopic (exact) mass is 471 g/mol. The molecule has 4 rings (SSSR count). The molecule has 176 valence electrons. The SMILES string of the molecule is COc1ccc(NC(=O)COc2ccccc2C(F)(F)F)cc1OCc1cn2ccccc2n1. The molecular weight excluding hydrogens is 451 g/mol. The molecule has 2 heterocycles. The molecule has 4 aromatic rings. The van der Waals surface area contributed by atoms with Crippen molar-refractivity contribution in [2.75, 3.05) is 19.0 Å². The van der Waals surface area contributed by atoms with Crippen LogP contribution in [0.4, 0.5) is 18.9 Å². The van der Waals surface area contributed by atoms with Crippen LogP contribution in [0.25, 0.3) is 5.65 Å². The highest BCUT2D eigenvalue weighted by Gasteiger charge is 2.34. The zero-order valence-corrected chi connectivity index (χ0v) is 18.0. The number of rotatable bonds is 8. The van der Waals surface area contributed by atoms with Gasteiger partial charge in [0.15, 0.2) is 18.1 Å². The summed E-state index contributed by atoms with van der Waals surface area (Å²) in [6.45, 7) is -0.441. The lowest BCUT2D eigenvalue weighted by Crippen LogP contribution is -2.21. The van der Waals surface area contributed by atoms with E-state index in [0.717, 1.165) is 17.8 Å². The van der Waals surface area contributed by atoms with Crippen molar-refractivity contribution in [2.24, 2.45) is 0 Å². The van der Waals surface area contributed by atoms with E-state index in [1.165, 1.54) is 19.2 Å². The summed E-state index contributed by atoms with van der Waals surface area (Å²) in [5.74, 6) is -0.248. The van der Waals surface area contributed by atoms with Crippen molar-refractivity contribution >= 4 is 17.2 Å². The number of carbonyl (C=O) groups excluding carboxylic acids is 1. The standard InChI is InChI=1S/C24H20F3N3O4/c1-32-20-10-9-16(12-21(20)33-14-17-13-30-11-5-4-8-22(30)28-17)29-23(31)15-34-19-7-3-2-6-18(19)24(25,26)27/h2-13H,14-15H2,1H3,(H,29,31). The molecule has 0 radical (unpaired) electrons. The maximum atomic E-state index is 13.1. The molecule has 0 atom stereocenters. The van der Waals surface area contributed by atoms with Crippen LogP contribution in [0.1, 0.15) is 11.3 Å². The Labute approximate surface area is 192 Å². The summed E-state index contributed by atoms with van der Waals surface area (Å²) in [5, 5.41) is 2.58. The van der Waals surface area contributed by atoms with Crippen molar-refractivity contribution in [2.45, 2.75) is 12.8 Å². The molecule has 0 saturated heterocycles. The second kappa shape index (κ2) is 9.74. The number of hydrogen-bond donors (Lipinski definition) is 1. The Morgan fingerprint density at radius 1 is 1.00 bits per heavy atom. The van der Waals surface area contributed by atoms with E-state index in [9.17, 15) is 18.0 Å². The van der Waals surface area contributed by atoms with E-state index >= 15 is 0 Å².